The molecule has 0 fully saturated rings. The van der Waals surface area contributed by atoms with Crippen molar-refractivity contribution in [3.05, 3.63) is 95.6 Å². The fourth-order valence-corrected chi connectivity index (χ4v) is 4.55. The maximum absolute atomic E-state index is 13.2. The standard InChI is InChI=1S/C28H29NO4/c1-20-24(19-27(30)31)25-18-23(33-17-9-8-12-21-10-4-2-5-11-21)15-16-26(25)29(20)28(32)22-13-6-3-7-14-22/h2-7,10-11,13-16,18,20,24H,8-9,12,17,19H2,1H3,(H,30,31). The van der Waals surface area contributed by atoms with Gasteiger partial charge < -0.3 is 14.7 Å². The molecular weight excluding hydrogens is 414 g/mol. The molecule has 0 spiro atoms. The van der Waals surface area contributed by atoms with Gasteiger partial charge in [-0.3, -0.25) is 9.59 Å². The number of nitrogens with zero attached hydrogens (tertiary/aromatic N) is 1. The SMILES string of the molecule is CC1C(CC(=O)O)c2cc(OCCCCc3ccccc3)ccc2N1C(=O)c1ccccc1. The van der Waals surface area contributed by atoms with Gasteiger partial charge in [-0.1, -0.05) is 48.5 Å². The first-order chi connectivity index (χ1) is 16.0. The molecule has 2 atom stereocenters. The molecule has 1 N–H and O–H groups in total. The van der Waals surface area contributed by atoms with Crippen molar-refractivity contribution >= 4 is 17.6 Å². The van der Waals surface area contributed by atoms with Gasteiger partial charge in [0.05, 0.1) is 13.0 Å². The van der Waals surface area contributed by atoms with Crippen molar-refractivity contribution in [2.24, 2.45) is 0 Å². The van der Waals surface area contributed by atoms with Crippen LogP contribution in [0.25, 0.3) is 0 Å². The lowest BCUT2D eigenvalue weighted by Crippen LogP contribution is -2.37. The van der Waals surface area contributed by atoms with E-state index in [9.17, 15) is 14.7 Å². The third-order valence-electron chi connectivity index (χ3n) is 6.25. The average Bonchev–Trinajstić information content (AvgIpc) is 3.10. The normalized spacial score (nSPS) is 16.9. The zero-order chi connectivity index (χ0) is 23.2. The summed E-state index contributed by atoms with van der Waals surface area (Å²) < 4.78 is 5.99. The van der Waals surface area contributed by atoms with Crippen LogP contribution in [0.5, 0.6) is 5.75 Å². The van der Waals surface area contributed by atoms with Gasteiger partial charge in [0, 0.05) is 23.2 Å². The minimum absolute atomic E-state index is 0.0345. The number of benzene rings is 3. The highest BCUT2D eigenvalue weighted by atomic mass is 16.5. The second-order valence-electron chi connectivity index (χ2n) is 8.50. The fraction of sp³-hybridized carbons (Fsp3) is 0.286. The highest BCUT2D eigenvalue weighted by Gasteiger charge is 2.40. The molecule has 0 saturated carbocycles. The molecule has 33 heavy (non-hydrogen) atoms. The summed E-state index contributed by atoms with van der Waals surface area (Å²) >= 11 is 0. The van der Waals surface area contributed by atoms with Crippen LogP contribution in [0.2, 0.25) is 0 Å². The van der Waals surface area contributed by atoms with Crippen LogP contribution in [0.15, 0.2) is 78.9 Å². The monoisotopic (exact) mass is 443 g/mol. The van der Waals surface area contributed by atoms with Crippen molar-refractivity contribution in [3.8, 4) is 5.75 Å². The minimum atomic E-state index is -0.876. The molecule has 0 saturated heterocycles. The summed E-state index contributed by atoms with van der Waals surface area (Å²) in [5.74, 6) is -0.567. The van der Waals surface area contributed by atoms with Crippen LogP contribution in [-0.4, -0.2) is 29.6 Å². The van der Waals surface area contributed by atoms with Crippen LogP contribution in [0.4, 0.5) is 5.69 Å². The van der Waals surface area contributed by atoms with Gasteiger partial charge in [-0.05, 0) is 67.6 Å². The van der Waals surface area contributed by atoms with Crippen LogP contribution in [0, 0.1) is 0 Å². The van der Waals surface area contributed by atoms with Gasteiger partial charge in [0.25, 0.3) is 5.91 Å². The van der Waals surface area contributed by atoms with Crippen molar-refractivity contribution in [1.82, 2.24) is 0 Å². The fourth-order valence-electron chi connectivity index (χ4n) is 4.55. The number of hydrogen-bond donors (Lipinski definition) is 1. The van der Waals surface area contributed by atoms with Gasteiger partial charge in [0.1, 0.15) is 5.75 Å². The van der Waals surface area contributed by atoms with E-state index in [1.807, 2.05) is 49.4 Å². The van der Waals surface area contributed by atoms with E-state index in [2.05, 4.69) is 24.3 Å². The maximum atomic E-state index is 13.2. The zero-order valence-electron chi connectivity index (χ0n) is 18.8. The molecule has 2 unspecified atom stereocenters. The number of ether oxygens (including phenoxy) is 1. The van der Waals surface area contributed by atoms with Crippen molar-refractivity contribution in [3.63, 3.8) is 0 Å². The van der Waals surface area contributed by atoms with Crippen LogP contribution < -0.4 is 9.64 Å². The van der Waals surface area contributed by atoms with Gasteiger partial charge in [0.2, 0.25) is 0 Å². The molecule has 170 valence electrons. The van der Waals surface area contributed by atoms with Crippen LogP contribution >= 0.6 is 0 Å². The quantitative estimate of drug-likeness (QED) is 0.431. The lowest BCUT2D eigenvalue weighted by atomic mass is 9.92. The zero-order valence-corrected chi connectivity index (χ0v) is 18.8. The molecule has 1 amide bonds. The number of unbranched alkanes of at least 4 members (excludes halogenated alkanes) is 1. The van der Waals surface area contributed by atoms with E-state index in [-0.39, 0.29) is 24.3 Å². The Morgan fingerprint density at radius 2 is 1.64 bits per heavy atom. The molecular formula is C28H29NO4. The van der Waals surface area contributed by atoms with E-state index >= 15 is 0 Å². The Bertz CT molecular complexity index is 1100. The summed E-state index contributed by atoms with van der Waals surface area (Å²) in [4.78, 5) is 26.5. The predicted molar refractivity (Wildman–Crippen MR) is 129 cm³/mol. The van der Waals surface area contributed by atoms with Crippen molar-refractivity contribution < 1.29 is 19.4 Å². The lowest BCUT2D eigenvalue weighted by molar-refractivity contribution is -0.137. The van der Waals surface area contributed by atoms with Crippen molar-refractivity contribution in [2.75, 3.05) is 11.5 Å². The van der Waals surface area contributed by atoms with E-state index in [0.717, 1.165) is 30.5 Å². The number of aliphatic carboxylic acids is 1. The third-order valence-corrected chi connectivity index (χ3v) is 6.25. The maximum Gasteiger partial charge on any atom is 0.304 e. The number of anilines is 1. The molecule has 5 heteroatoms. The topological polar surface area (TPSA) is 66.8 Å². The summed E-state index contributed by atoms with van der Waals surface area (Å²) in [7, 11) is 0. The summed E-state index contributed by atoms with van der Waals surface area (Å²) in [6.45, 7) is 2.51. The molecule has 3 aromatic rings. The molecule has 0 bridgehead atoms. The summed E-state index contributed by atoms with van der Waals surface area (Å²) in [5, 5.41) is 9.49. The first-order valence-electron chi connectivity index (χ1n) is 11.5. The van der Waals surface area contributed by atoms with E-state index in [1.54, 1.807) is 17.0 Å². The molecule has 0 aromatic heterocycles. The van der Waals surface area contributed by atoms with Crippen molar-refractivity contribution in [2.45, 2.75) is 44.6 Å². The van der Waals surface area contributed by atoms with Gasteiger partial charge in [-0.15, -0.1) is 0 Å². The van der Waals surface area contributed by atoms with Gasteiger partial charge >= 0.3 is 5.97 Å². The van der Waals surface area contributed by atoms with Crippen LogP contribution in [0.3, 0.4) is 0 Å². The largest absolute Gasteiger partial charge is 0.494 e. The molecule has 1 aliphatic rings. The first kappa shape index (κ1) is 22.6. The molecule has 5 nitrogen and oxygen atoms in total. The molecule has 1 heterocycles. The van der Waals surface area contributed by atoms with Gasteiger partial charge in [0.15, 0.2) is 0 Å². The van der Waals surface area contributed by atoms with E-state index in [0.29, 0.717) is 17.9 Å². The number of amides is 1. The van der Waals surface area contributed by atoms with Gasteiger partial charge in [-0.2, -0.15) is 0 Å². The second kappa shape index (κ2) is 10.3. The Morgan fingerprint density at radius 1 is 0.939 bits per heavy atom. The Kier molecular flexibility index (Phi) is 7.08. The highest BCUT2D eigenvalue weighted by Crippen LogP contribution is 2.45. The molecule has 4 rings (SSSR count). The second-order valence-corrected chi connectivity index (χ2v) is 8.50. The number of carbonyl (C=O) groups excluding carboxylic acids is 1. The number of aryl methyl sites for hydroxylation is 1. The van der Waals surface area contributed by atoms with Crippen LogP contribution in [-0.2, 0) is 11.2 Å². The Balaban J connectivity index is 1.46. The molecule has 0 aliphatic carbocycles. The summed E-state index contributed by atoms with van der Waals surface area (Å²) in [5.41, 5.74) is 3.53. The Morgan fingerprint density at radius 3 is 2.33 bits per heavy atom. The Hall–Kier alpha value is -3.60. The van der Waals surface area contributed by atoms with Gasteiger partial charge in [-0.25, -0.2) is 0 Å². The molecule has 0 radical (unpaired) electrons. The van der Waals surface area contributed by atoms with Crippen LogP contribution in [0.1, 0.15) is 53.6 Å². The lowest BCUT2D eigenvalue weighted by Gasteiger charge is -2.25. The van der Waals surface area contributed by atoms with E-state index < -0.39 is 5.97 Å². The molecule has 1 aliphatic heterocycles. The number of carbonyl (C=O) groups is 2. The summed E-state index contributed by atoms with van der Waals surface area (Å²) in [6.07, 6.45) is 2.95. The van der Waals surface area contributed by atoms with Crippen molar-refractivity contribution in [1.29, 1.82) is 0 Å². The van der Waals surface area contributed by atoms with E-state index in [1.165, 1.54) is 5.56 Å². The summed E-state index contributed by atoms with van der Waals surface area (Å²) in [6, 6.07) is 24.9. The number of hydrogen-bond acceptors (Lipinski definition) is 3. The number of carboxylic acid groups (broad SMARTS) is 1. The number of fused-ring (bicyclic) bond motifs is 1. The smallest absolute Gasteiger partial charge is 0.304 e. The third kappa shape index (κ3) is 5.25. The number of carboxylic acids is 1. The minimum Gasteiger partial charge on any atom is -0.494 e. The van der Waals surface area contributed by atoms with E-state index in [4.69, 9.17) is 4.74 Å². The molecule has 3 aromatic carbocycles. The first-order valence-corrected chi connectivity index (χ1v) is 11.5. The Labute approximate surface area is 194 Å². The highest BCUT2D eigenvalue weighted by molar-refractivity contribution is 6.08. The predicted octanol–water partition coefficient (Wildman–Crippen LogP) is 5.70. The number of rotatable bonds is 9. The average molecular weight is 444 g/mol.